The van der Waals surface area contributed by atoms with E-state index in [1.54, 1.807) is 58.2 Å². The summed E-state index contributed by atoms with van der Waals surface area (Å²) in [4.78, 5) is 60.2. The second-order valence-corrected chi connectivity index (χ2v) is 12.3. The van der Waals surface area contributed by atoms with Crippen LogP contribution in [0.15, 0.2) is 42.6 Å². The first-order valence-electron chi connectivity index (χ1n) is 14.2. The number of nitrogens with one attached hydrogen (secondary N) is 3. The van der Waals surface area contributed by atoms with Crippen molar-refractivity contribution in [2.24, 2.45) is 0 Å². The van der Waals surface area contributed by atoms with Gasteiger partial charge in [-0.1, -0.05) is 0 Å². The molecule has 13 nitrogen and oxygen atoms in total. The molecule has 0 spiro atoms. The molecule has 1 aromatic carbocycles. The summed E-state index contributed by atoms with van der Waals surface area (Å²) in [6, 6.07) is 10.1. The van der Waals surface area contributed by atoms with E-state index in [-0.39, 0.29) is 22.9 Å². The number of H-pyrrole nitrogens is 1. The number of thiophene rings is 1. The smallest absolute Gasteiger partial charge is 0.436 e. The Morgan fingerprint density at radius 1 is 1.02 bits per heavy atom. The van der Waals surface area contributed by atoms with Gasteiger partial charge in [-0.3, -0.25) is 9.59 Å². The van der Waals surface area contributed by atoms with Gasteiger partial charge in [0.2, 0.25) is 0 Å². The fraction of sp³-hybridized carbons (Fsp3) is 0.367. The fourth-order valence-corrected chi connectivity index (χ4v) is 5.65. The number of esters is 1. The van der Waals surface area contributed by atoms with Crippen LogP contribution in [-0.4, -0.2) is 89.0 Å². The lowest BCUT2D eigenvalue weighted by Gasteiger charge is -2.34. The number of hydrogen-bond acceptors (Lipinski definition) is 10. The lowest BCUT2D eigenvalue weighted by Crippen LogP contribution is -2.44. The second kappa shape index (κ2) is 12.5. The van der Waals surface area contributed by atoms with Crippen LogP contribution >= 0.6 is 11.3 Å². The summed E-state index contributed by atoms with van der Waals surface area (Å²) in [7, 11) is 2.07. The number of anilines is 3. The highest BCUT2D eigenvalue weighted by molar-refractivity contribution is 7.20. The number of piperazine rings is 1. The number of hydrogen-bond donors (Lipinski definition) is 3. The normalized spacial score (nSPS) is 14.0. The third kappa shape index (κ3) is 6.76. The van der Waals surface area contributed by atoms with Gasteiger partial charge in [0, 0.05) is 38.1 Å². The summed E-state index contributed by atoms with van der Waals surface area (Å²) < 4.78 is 11.7. The third-order valence-corrected chi connectivity index (χ3v) is 7.93. The molecule has 0 bridgehead atoms. The Morgan fingerprint density at radius 2 is 1.77 bits per heavy atom. The van der Waals surface area contributed by atoms with E-state index in [1.807, 2.05) is 6.07 Å². The number of carbonyl (C=O) groups is 4. The highest BCUT2D eigenvalue weighted by Gasteiger charge is 2.27. The van der Waals surface area contributed by atoms with E-state index < -0.39 is 29.5 Å². The summed E-state index contributed by atoms with van der Waals surface area (Å²) in [6.07, 6.45) is 0.881. The molecule has 4 heterocycles. The highest BCUT2D eigenvalue weighted by Crippen LogP contribution is 2.34. The Bertz CT molecular complexity index is 1690. The predicted octanol–water partition coefficient (Wildman–Crippen LogP) is 4.64. The highest BCUT2D eigenvalue weighted by atomic mass is 32.1. The monoisotopic (exact) mass is 621 g/mol. The standard InChI is InChI=1S/C30H35N7O6S/c1-6-42-29(41)37-27-20(17-23(44-27)28(40)43-30(2,3)4)24(34-37)33-25(38)19-10-9-18(36-14-12-35(5)13-15-36)16-22(19)32-26(39)21-8-7-11-31-21/h7-11,16-17,31H,6,12-15H2,1-5H3,(H,32,39)(H,33,34,38). The van der Waals surface area contributed by atoms with Crippen LogP contribution in [0.2, 0.25) is 0 Å². The van der Waals surface area contributed by atoms with Crippen LogP contribution in [-0.2, 0) is 9.47 Å². The average Bonchev–Trinajstić information content (AvgIpc) is 3.71. The maximum absolute atomic E-state index is 13.8. The molecule has 0 saturated carbocycles. The molecule has 1 fully saturated rings. The lowest BCUT2D eigenvalue weighted by atomic mass is 10.1. The van der Waals surface area contributed by atoms with Crippen molar-refractivity contribution in [2.45, 2.75) is 33.3 Å². The van der Waals surface area contributed by atoms with Crippen LogP contribution in [0.1, 0.15) is 58.2 Å². The van der Waals surface area contributed by atoms with Crippen molar-refractivity contribution in [2.75, 3.05) is 55.4 Å². The minimum Gasteiger partial charge on any atom is -0.456 e. The number of fused-ring (bicyclic) bond motifs is 1. The Balaban J connectivity index is 1.49. The van der Waals surface area contributed by atoms with Gasteiger partial charge in [0.25, 0.3) is 11.8 Å². The number of aromatic nitrogens is 3. The van der Waals surface area contributed by atoms with E-state index in [9.17, 15) is 19.2 Å². The van der Waals surface area contributed by atoms with E-state index in [4.69, 9.17) is 9.47 Å². The molecule has 1 aliphatic heterocycles. The molecule has 3 N–H and O–H groups in total. The van der Waals surface area contributed by atoms with Crippen LogP contribution < -0.4 is 15.5 Å². The maximum Gasteiger partial charge on any atom is 0.436 e. The van der Waals surface area contributed by atoms with E-state index >= 15 is 0 Å². The second-order valence-electron chi connectivity index (χ2n) is 11.3. The number of amides is 2. The summed E-state index contributed by atoms with van der Waals surface area (Å²) in [5.74, 6) is -1.50. The first kappa shape index (κ1) is 30.8. The topological polar surface area (TPSA) is 151 Å². The van der Waals surface area contributed by atoms with Gasteiger partial charge in [-0.25, -0.2) is 9.59 Å². The van der Waals surface area contributed by atoms with Gasteiger partial charge in [0.15, 0.2) is 5.82 Å². The van der Waals surface area contributed by atoms with Gasteiger partial charge in [0.05, 0.1) is 23.2 Å². The fourth-order valence-electron chi connectivity index (χ4n) is 4.67. The molecule has 0 atom stereocenters. The summed E-state index contributed by atoms with van der Waals surface area (Å²) in [5, 5.41) is 10.3. The Hall–Kier alpha value is -4.69. The SMILES string of the molecule is CCOC(=O)n1nc(NC(=O)c2ccc(N3CCN(C)CC3)cc2NC(=O)c2ccc[nH]2)c2cc(C(=O)OC(C)(C)C)sc21. The van der Waals surface area contributed by atoms with E-state index in [2.05, 4.69) is 37.6 Å². The van der Waals surface area contributed by atoms with Crippen LogP contribution in [0, 0.1) is 0 Å². The van der Waals surface area contributed by atoms with Crippen LogP contribution in [0.25, 0.3) is 10.2 Å². The molecule has 0 radical (unpaired) electrons. The first-order chi connectivity index (χ1) is 20.9. The Morgan fingerprint density at radius 3 is 2.43 bits per heavy atom. The molecule has 44 heavy (non-hydrogen) atoms. The van der Waals surface area contributed by atoms with Gasteiger partial charge in [-0.2, -0.15) is 4.68 Å². The molecule has 1 aliphatic rings. The quantitative estimate of drug-likeness (QED) is 0.251. The van der Waals surface area contributed by atoms with Gasteiger partial charge >= 0.3 is 12.1 Å². The van der Waals surface area contributed by atoms with Crippen molar-refractivity contribution >= 4 is 62.6 Å². The number of likely N-dealkylation sites (N-methyl/N-ethyl adjacent to an activating group) is 1. The van der Waals surface area contributed by atoms with Crippen molar-refractivity contribution in [3.8, 4) is 0 Å². The van der Waals surface area contributed by atoms with Crippen molar-refractivity contribution in [3.63, 3.8) is 0 Å². The first-order valence-corrected chi connectivity index (χ1v) is 15.0. The van der Waals surface area contributed by atoms with Crippen molar-refractivity contribution in [3.05, 3.63) is 58.7 Å². The molecule has 0 aliphatic carbocycles. The van der Waals surface area contributed by atoms with E-state index in [0.717, 1.165) is 47.9 Å². The molecule has 3 aromatic heterocycles. The number of carbonyl (C=O) groups excluding carboxylic acids is 4. The zero-order valence-corrected chi connectivity index (χ0v) is 26.0. The van der Waals surface area contributed by atoms with E-state index in [0.29, 0.717) is 21.6 Å². The minimum atomic E-state index is -0.758. The van der Waals surface area contributed by atoms with Crippen LogP contribution in [0.4, 0.5) is 22.0 Å². The number of nitrogens with zero attached hydrogens (tertiary/aromatic N) is 4. The Labute approximate surface area is 258 Å². The van der Waals surface area contributed by atoms with E-state index in [1.165, 1.54) is 6.07 Å². The molecule has 14 heteroatoms. The van der Waals surface area contributed by atoms with Crippen molar-refractivity contribution < 1.29 is 28.7 Å². The summed E-state index contributed by atoms with van der Waals surface area (Å²) >= 11 is 1.00. The number of benzene rings is 1. The number of aromatic amines is 1. The molecule has 1 saturated heterocycles. The summed E-state index contributed by atoms with van der Waals surface area (Å²) in [5.41, 5.74) is 0.965. The minimum absolute atomic E-state index is 0.0499. The van der Waals surface area contributed by atoms with Gasteiger partial charge in [0.1, 0.15) is 21.0 Å². The zero-order valence-electron chi connectivity index (χ0n) is 25.2. The van der Waals surface area contributed by atoms with Gasteiger partial charge < -0.3 is 34.9 Å². The molecule has 4 aromatic rings. The average molecular weight is 622 g/mol. The maximum atomic E-state index is 13.8. The van der Waals surface area contributed by atoms with Crippen molar-refractivity contribution in [1.29, 1.82) is 0 Å². The zero-order chi connectivity index (χ0) is 31.6. The van der Waals surface area contributed by atoms with Crippen LogP contribution in [0.5, 0.6) is 0 Å². The predicted molar refractivity (Wildman–Crippen MR) is 168 cm³/mol. The largest absolute Gasteiger partial charge is 0.456 e. The van der Waals surface area contributed by atoms with Gasteiger partial charge in [-0.05, 0) is 71.1 Å². The van der Waals surface area contributed by atoms with Gasteiger partial charge in [-0.15, -0.1) is 16.4 Å². The molecule has 5 rings (SSSR count). The molecular formula is C30H35N7O6S. The molecule has 0 unspecified atom stereocenters. The third-order valence-electron chi connectivity index (χ3n) is 6.84. The molecule has 2 amide bonds. The Kier molecular flexibility index (Phi) is 8.74. The molecular weight excluding hydrogens is 586 g/mol. The number of ether oxygens (including phenoxy) is 2. The van der Waals surface area contributed by atoms with Crippen molar-refractivity contribution in [1.82, 2.24) is 19.7 Å². The number of rotatable bonds is 7. The molecule has 232 valence electrons. The van der Waals surface area contributed by atoms with Crippen LogP contribution in [0.3, 0.4) is 0 Å². The lowest BCUT2D eigenvalue weighted by molar-refractivity contribution is 0.00750. The summed E-state index contributed by atoms with van der Waals surface area (Å²) in [6.45, 7) is 10.4.